The number of hydrogen-bond donors (Lipinski definition) is 2. The van der Waals surface area contributed by atoms with Crippen molar-refractivity contribution in [3.8, 4) is 0 Å². The highest BCUT2D eigenvalue weighted by atomic mass is 19.1. The predicted octanol–water partition coefficient (Wildman–Crippen LogP) is 2.98. The van der Waals surface area contributed by atoms with Crippen LogP contribution in [-0.2, 0) is 11.2 Å². The number of nitrogens with zero attached hydrogens (tertiary/aromatic N) is 6. The van der Waals surface area contributed by atoms with Crippen molar-refractivity contribution in [2.45, 2.75) is 20.3 Å². The summed E-state index contributed by atoms with van der Waals surface area (Å²) < 4.78 is 30.1. The molecule has 0 saturated carbocycles. The molecule has 1 aliphatic heterocycles. The predicted molar refractivity (Wildman–Crippen MR) is 123 cm³/mol. The van der Waals surface area contributed by atoms with Crippen molar-refractivity contribution in [1.82, 2.24) is 29.7 Å². The van der Waals surface area contributed by atoms with Crippen LogP contribution in [0.1, 0.15) is 16.8 Å². The minimum atomic E-state index is -0.690. The normalized spacial score (nSPS) is 14.1. The van der Waals surface area contributed by atoms with Gasteiger partial charge in [-0.05, 0) is 43.7 Å². The molecule has 9 nitrogen and oxygen atoms in total. The molecular weight excluding hydrogens is 442 g/mol. The van der Waals surface area contributed by atoms with Crippen molar-refractivity contribution in [3.05, 3.63) is 65.0 Å². The maximum Gasteiger partial charge on any atom is 0.245 e. The van der Waals surface area contributed by atoms with Crippen LogP contribution >= 0.6 is 0 Å². The first kappa shape index (κ1) is 21.8. The van der Waals surface area contributed by atoms with Gasteiger partial charge in [0.1, 0.15) is 17.2 Å². The Labute approximate surface area is 194 Å². The number of rotatable bonds is 5. The van der Waals surface area contributed by atoms with Crippen LogP contribution in [0.3, 0.4) is 0 Å². The number of amides is 1. The summed E-state index contributed by atoms with van der Waals surface area (Å²) in [6, 6.07) is 8.16. The standard InChI is InChI=1S/C23H24F2N8O/c1-14-10-17(24)16(18(25)11-14)13-21(34)31-6-8-32(9-7-31)23-27-22(19-4-3-5-33(19)30-23)26-20-12-15(2)28-29-20/h3-5,10-12H,6-9,13H2,1-2H3,(H2,26,27,28,29,30). The highest BCUT2D eigenvalue weighted by Crippen LogP contribution is 2.23. The molecule has 0 atom stereocenters. The molecule has 5 rings (SSSR count). The molecule has 1 saturated heterocycles. The van der Waals surface area contributed by atoms with Crippen LogP contribution in [0, 0.1) is 25.5 Å². The lowest BCUT2D eigenvalue weighted by atomic mass is 10.1. The monoisotopic (exact) mass is 466 g/mol. The number of aromatic nitrogens is 5. The molecule has 176 valence electrons. The van der Waals surface area contributed by atoms with Crippen molar-refractivity contribution >= 4 is 29.0 Å². The molecule has 1 aromatic carbocycles. The minimum Gasteiger partial charge on any atom is -0.339 e. The molecule has 0 radical (unpaired) electrons. The van der Waals surface area contributed by atoms with Gasteiger partial charge < -0.3 is 15.1 Å². The molecule has 0 unspecified atom stereocenters. The van der Waals surface area contributed by atoms with Crippen LogP contribution < -0.4 is 10.2 Å². The van der Waals surface area contributed by atoms with Gasteiger partial charge in [0.15, 0.2) is 11.6 Å². The van der Waals surface area contributed by atoms with E-state index in [0.717, 1.165) is 11.2 Å². The zero-order chi connectivity index (χ0) is 23.8. The van der Waals surface area contributed by atoms with E-state index in [4.69, 9.17) is 4.98 Å². The summed E-state index contributed by atoms with van der Waals surface area (Å²) in [5.74, 6) is 0.0946. The van der Waals surface area contributed by atoms with Crippen molar-refractivity contribution in [2.24, 2.45) is 0 Å². The van der Waals surface area contributed by atoms with Gasteiger partial charge in [0.2, 0.25) is 11.9 Å². The van der Waals surface area contributed by atoms with Crippen LogP contribution in [0.5, 0.6) is 0 Å². The van der Waals surface area contributed by atoms with E-state index in [2.05, 4.69) is 20.6 Å². The van der Waals surface area contributed by atoms with E-state index in [1.54, 1.807) is 16.3 Å². The number of anilines is 3. The number of benzene rings is 1. The first-order valence-corrected chi connectivity index (χ1v) is 11.0. The molecule has 0 spiro atoms. The van der Waals surface area contributed by atoms with Crippen LogP contribution in [0.25, 0.3) is 5.52 Å². The second kappa shape index (κ2) is 8.73. The fourth-order valence-electron chi connectivity index (χ4n) is 4.07. The molecule has 0 bridgehead atoms. The Bertz CT molecular complexity index is 1330. The summed E-state index contributed by atoms with van der Waals surface area (Å²) in [6.07, 6.45) is 1.53. The lowest BCUT2D eigenvalue weighted by Crippen LogP contribution is -2.50. The van der Waals surface area contributed by atoms with Gasteiger partial charge in [0.25, 0.3) is 0 Å². The summed E-state index contributed by atoms with van der Waals surface area (Å²) in [5.41, 5.74) is 2.02. The van der Waals surface area contributed by atoms with Gasteiger partial charge in [-0.2, -0.15) is 10.1 Å². The van der Waals surface area contributed by atoms with Gasteiger partial charge in [0, 0.05) is 49.7 Å². The Morgan fingerprint density at radius 1 is 1.12 bits per heavy atom. The van der Waals surface area contributed by atoms with E-state index >= 15 is 0 Å². The summed E-state index contributed by atoms with van der Waals surface area (Å²) in [4.78, 5) is 21.0. The molecular formula is C23H24F2N8O. The second-order valence-electron chi connectivity index (χ2n) is 8.41. The molecule has 34 heavy (non-hydrogen) atoms. The Hall–Kier alpha value is -4.02. The van der Waals surface area contributed by atoms with Crippen LogP contribution in [-0.4, -0.2) is 61.8 Å². The second-order valence-corrected chi connectivity index (χ2v) is 8.41. The number of fused-ring (bicyclic) bond motifs is 1. The summed E-state index contributed by atoms with van der Waals surface area (Å²) in [6.45, 7) is 5.33. The maximum atomic E-state index is 14.2. The number of hydrogen-bond acceptors (Lipinski definition) is 6. The molecule has 1 fully saturated rings. The maximum absolute atomic E-state index is 14.2. The molecule has 0 aliphatic carbocycles. The molecule has 11 heteroatoms. The lowest BCUT2D eigenvalue weighted by molar-refractivity contribution is -0.130. The average molecular weight is 466 g/mol. The van der Waals surface area contributed by atoms with Crippen molar-refractivity contribution in [1.29, 1.82) is 0 Å². The van der Waals surface area contributed by atoms with Crippen molar-refractivity contribution in [2.75, 3.05) is 36.4 Å². The number of H-pyrrole nitrogens is 1. The Kier molecular flexibility index (Phi) is 5.60. The zero-order valence-electron chi connectivity index (χ0n) is 18.8. The van der Waals surface area contributed by atoms with E-state index < -0.39 is 11.6 Å². The van der Waals surface area contributed by atoms with E-state index in [1.165, 1.54) is 12.1 Å². The highest BCUT2D eigenvalue weighted by Gasteiger charge is 2.25. The van der Waals surface area contributed by atoms with Crippen molar-refractivity contribution < 1.29 is 13.6 Å². The van der Waals surface area contributed by atoms with E-state index in [1.807, 2.05) is 36.2 Å². The van der Waals surface area contributed by atoms with Crippen LogP contribution in [0.4, 0.5) is 26.4 Å². The van der Waals surface area contributed by atoms with E-state index in [0.29, 0.717) is 49.3 Å². The van der Waals surface area contributed by atoms with Gasteiger partial charge in [-0.15, -0.1) is 5.10 Å². The number of aryl methyl sites for hydroxylation is 2. The number of carbonyl (C=O) groups excluding carboxylic acids is 1. The molecule has 4 heterocycles. The Morgan fingerprint density at radius 3 is 2.53 bits per heavy atom. The van der Waals surface area contributed by atoms with Gasteiger partial charge in [-0.3, -0.25) is 9.89 Å². The highest BCUT2D eigenvalue weighted by molar-refractivity contribution is 5.79. The third-order valence-electron chi connectivity index (χ3n) is 5.86. The largest absolute Gasteiger partial charge is 0.339 e. The van der Waals surface area contributed by atoms with E-state index in [-0.39, 0.29) is 17.9 Å². The van der Waals surface area contributed by atoms with Crippen molar-refractivity contribution in [3.63, 3.8) is 0 Å². The smallest absolute Gasteiger partial charge is 0.245 e. The summed E-state index contributed by atoms with van der Waals surface area (Å²) in [7, 11) is 0. The zero-order valence-corrected chi connectivity index (χ0v) is 18.8. The molecule has 1 aliphatic rings. The third kappa shape index (κ3) is 4.28. The number of halogens is 2. The lowest BCUT2D eigenvalue weighted by Gasteiger charge is -2.35. The number of piperazine rings is 1. The number of carbonyl (C=O) groups is 1. The van der Waals surface area contributed by atoms with Gasteiger partial charge in [-0.25, -0.2) is 13.3 Å². The summed E-state index contributed by atoms with van der Waals surface area (Å²) in [5, 5.41) is 14.9. The topological polar surface area (TPSA) is 94.5 Å². The fourth-order valence-corrected chi connectivity index (χ4v) is 4.07. The minimum absolute atomic E-state index is 0.191. The quantitative estimate of drug-likeness (QED) is 0.470. The first-order valence-electron chi connectivity index (χ1n) is 11.0. The van der Waals surface area contributed by atoms with Gasteiger partial charge >= 0.3 is 0 Å². The van der Waals surface area contributed by atoms with Gasteiger partial charge in [0.05, 0.1) is 6.42 Å². The van der Waals surface area contributed by atoms with Crippen LogP contribution in [0.2, 0.25) is 0 Å². The first-order chi connectivity index (χ1) is 16.4. The summed E-state index contributed by atoms with van der Waals surface area (Å²) >= 11 is 0. The molecule has 1 amide bonds. The van der Waals surface area contributed by atoms with E-state index in [9.17, 15) is 13.6 Å². The number of nitrogens with one attached hydrogen (secondary N) is 2. The van der Waals surface area contributed by atoms with Crippen LogP contribution in [0.15, 0.2) is 36.5 Å². The molecule has 4 aromatic rings. The van der Waals surface area contributed by atoms with Gasteiger partial charge in [-0.1, -0.05) is 0 Å². The Morgan fingerprint density at radius 2 is 1.85 bits per heavy atom. The fraction of sp³-hybridized carbons (Fsp3) is 0.304. The average Bonchev–Trinajstić information content (AvgIpc) is 3.45. The SMILES string of the molecule is Cc1cc(F)c(CC(=O)N2CCN(c3nc(Nc4cc(C)[nH]n4)c4cccn4n3)CC2)c(F)c1. The third-order valence-corrected chi connectivity index (χ3v) is 5.86. The number of aromatic amines is 1. The molecule has 2 N–H and O–H groups in total. The molecule has 3 aromatic heterocycles. The Balaban J connectivity index is 1.29.